The van der Waals surface area contributed by atoms with Crippen LogP contribution in [0.25, 0.3) is 0 Å². The summed E-state index contributed by atoms with van der Waals surface area (Å²) in [5, 5.41) is 0. The number of hydrogen-bond donors (Lipinski definition) is 1. The maximum Gasteiger partial charge on any atom is 0.123 e. The Morgan fingerprint density at radius 1 is 1.00 bits per heavy atom. The van der Waals surface area contributed by atoms with Gasteiger partial charge in [-0.05, 0) is 35.1 Å². The van der Waals surface area contributed by atoms with Gasteiger partial charge in [-0.15, -0.1) is 0 Å². The minimum atomic E-state index is 0.519. The van der Waals surface area contributed by atoms with Gasteiger partial charge in [0.15, 0.2) is 0 Å². The van der Waals surface area contributed by atoms with Gasteiger partial charge in [0.25, 0.3) is 0 Å². The fraction of sp³-hybridized carbons (Fsp3) is 0.333. The highest BCUT2D eigenvalue weighted by molar-refractivity contribution is 5.36. The van der Waals surface area contributed by atoms with Crippen molar-refractivity contribution in [3.05, 3.63) is 65.2 Å². The van der Waals surface area contributed by atoms with Crippen LogP contribution in [0.15, 0.2) is 48.5 Å². The molecule has 1 atom stereocenters. The largest absolute Gasteiger partial charge is 0.489 e. The predicted molar refractivity (Wildman–Crippen MR) is 83.8 cm³/mol. The van der Waals surface area contributed by atoms with E-state index in [-0.39, 0.29) is 0 Å². The minimum absolute atomic E-state index is 0.519. The van der Waals surface area contributed by atoms with Crippen LogP contribution in [0.1, 0.15) is 42.9 Å². The molecule has 0 saturated heterocycles. The van der Waals surface area contributed by atoms with Crippen LogP contribution in [0.3, 0.4) is 0 Å². The van der Waals surface area contributed by atoms with Crippen molar-refractivity contribution in [3.63, 3.8) is 0 Å². The monoisotopic (exact) mass is 269 g/mol. The molecule has 1 unspecified atom stereocenters. The van der Waals surface area contributed by atoms with Crippen LogP contribution < -0.4 is 10.5 Å². The molecule has 106 valence electrons. The summed E-state index contributed by atoms with van der Waals surface area (Å²) in [6.07, 6.45) is 1.12. The maximum atomic E-state index is 5.99. The molecule has 2 N–H and O–H groups in total. The first-order valence-corrected chi connectivity index (χ1v) is 7.24. The highest BCUT2D eigenvalue weighted by Crippen LogP contribution is 2.28. The molecule has 0 fully saturated rings. The molecule has 2 rings (SSSR count). The molecular weight excluding hydrogens is 246 g/mol. The third-order valence-electron chi connectivity index (χ3n) is 3.72. The van der Waals surface area contributed by atoms with Crippen LogP contribution in [-0.4, -0.2) is 0 Å². The zero-order valence-electron chi connectivity index (χ0n) is 12.3. The smallest absolute Gasteiger partial charge is 0.123 e. The lowest BCUT2D eigenvalue weighted by Crippen LogP contribution is -2.01. The minimum Gasteiger partial charge on any atom is -0.489 e. The third kappa shape index (κ3) is 3.61. The van der Waals surface area contributed by atoms with Crippen molar-refractivity contribution in [2.45, 2.75) is 39.3 Å². The number of benzene rings is 2. The first-order valence-electron chi connectivity index (χ1n) is 7.24. The van der Waals surface area contributed by atoms with Gasteiger partial charge in [0.1, 0.15) is 12.4 Å². The summed E-state index contributed by atoms with van der Waals surface area (Å²) in [7, 11) is 0. The molecule has 2 aromatic rings. The summed E-state index contributed by atoms with van der Waals surface area (Å²) in [6.45, 7) is 5.61. The zero-order chi connectivity index (χ0) is 14.4. The molecule has 0 spiro atoms. The molecule has 0 aromatic heterocycles. The van der Waals surface area contributed by atoms with Gasteiger partial charge in [-0.25, -0.2) is 0 Å². The Morgan fingerprint density at radius 3 is 2.30 bits per heavy atom. The molecule has 2 aromatic carbocycles. The number of rotatable bonds is 6. The second-order valence-corrected chi connectivity index (χ2v) is 5.16. The lowest BCUT2D eigenvalue weighted by Gasteiger charge is -2.15. The van der Waals surface area contributed by atoms with Crippen LogP contribution in [0.4, 0.5) is 0 Å². The topological polar surface area (TPSA) is 35.2 Å². The van der Waals surface area contributed by atoms with E-state index in [1.807, 2.05) is 6.07 Å². The third-order valence-corrected chi connectivity index (χ3v) is 3.72. The lowest BCUT2D eigenvalue weighted by molar-refractivity contribution is 0.301. The molecule has 0 radical (unpaired) electrons. The van der Waals surface area contributed by atoms with E-state index >= 15 is 0 Å². The highest BCUT2D eigenvalue weighted by Gasteiger charge is 2.09. The van der Waals surface area contributed by atoms with Crippen LogP contribution in [-0.2, 0) is 13.2 Å². The van der Waals surface area contributed by atoms with Crippen LogP contribution in [0.5, 0.6) is 5.75 Å². The van der Waals surface area contributed by atoms with Crippen molar-refractivity contribution in [2.75, 3.05) is 0 Å². The fourth-order valence-corrected chi connectivity index (χ4v) is 2.17. The van der Waals surface area contributed by atoms with Gasteiger partial charge >= 0.3 is 0 Å². The molecular formula is C18H23NO. The molecule has 0 aliphatic rings. The Morgan fingerprint density at radius 2 is 1.65 bits per heavy atom. The van der Waals surface area contributed by atoms with E-state index in [1.165, 1.54) is 11.1 Å². The van der Waals surface area contributed by atoms with Crippen molar-refractivity contribution in [1.82, 2.24) is 0 Å². The molecule has 0 amide bonds. The van der Waals surface area contributed by atoms with E-state index in [0.717, 1.165) is 17.7 Å². The molecule has 0 aliphatic heterocycles. The fourth-order valence-electron chi connectivity index (χ4n) is 2.17. The van der Waals surface area contributed by atoms with Gasteiger partial charge in [-0.1, -0.05) is 56.3 Å². The SMILES string of the molecule is CCC(C)c1ccccc1OCc1ccc(CN)cc1. The van der Waals surface area contributed by atoms with E-state index in [1.54, 1.807) is 0 Å². The van der Waals surface area contributed by atoms with Crippen molar-refractivity contribution < 1.29 is 4.74 Å². The highest BCUT2D eigenvalue weighted by atomic mass is 16.5. The summed E-state index contributed by atoms with van der Waals surface area (Å²) in [6, 6.07) is 16.6. The van der Waals surface area contributed by atoms with Gasteiger partial charge < -0.3 is 10.5 Å². The quantitative estimate of drug-likeness (QED) is 0.851. The second kappa shape index (κ2) is 7.11. The molecule has 0 aliphatic carbocycles. The van der Waals surface area contributed by atoms with E-state index in [0.29, 0.717) is 19.1 Å². The van der Waals surface area contributed by atoms with Crippen molar-refractivity contribution in [3.8, 4) is 5.75 Å². The van der Waals surface area contributed by atoms with Crippen molar-refractivity contribution >= 4 is 0 Å². The lowest BCUT2D eigenvalue weighted by atomic mass is 9.98. The number of hydrogen-bond acceptors (Lipinski definition) is 2. The second-order valence-electron chi connectivity index (χ2n) is 5.16. The van der Waals surface area contributed by atoms with Crippen LogP contribution >= 0.6 is 0 Å². The zero-order valence-corrected chi connectivity index (χ0v) is 12.3. The summed E-state index contributed by atoms with van der Waals surface area (Å²) >= 11 is 0. The van der Waals surface area contributed by atoms with E-state index < -0.39 is 0 Å². The molecule has 20 heavy (non-hydrogen) atoms. The van der Waals surface area contributed by atoms with Crippen molar-refractivity contribution in [1.29, 1.82) is 0 Å². The van der Waals surface area contributed by atoms with Gasteiger partial charge in [0.05, 0.1) is 0 Å². The molecule has 0 heterocycles. The Hall–Kier alpha value is -1.80. The average Bonchev–Trinajstić information content (AvgIpc) is 2.53. The molecule has 0 bridgehead atoms. The summed E-state index contributed by atoms with van der Waals surface area (Å²) in [5.74, 6) is 1.51. The van der Waals surface area contributed by atoms with E-state index in [9.17, 15) is 0 Å². The van der Waals surface area contributed by atoms with Gasteiger partial charge in [0, 0.05) is 6.54 Å². The normalized spacial score (nSPS) is 12.2. The number of para-hydroxylation sites is 1. The molecule has 0 saturated carbocycles. The maximum absolute atomic E-state index is 5.99. The van der Waals surface area contributed by atoms with Crippen LogP contribution in [0, 0.1) is 0 Å². The first kappa shape index (κ1) is 14.6. The number of ether oxygens (including phenoxy) is 1. The Labute approximate surface area is 121 Å². The number of nitrogens with two attached hydrogens (primary N) is 1. The van der Waals surface area contributed by atoms with Gasteiger partial charge in [0.2, 0.25) is 0 Å². The predicted octanol–water partition coefficient (Wildman–Crippen LogP) is 4.24. The first-order chi connectivity index (χ1) is 9.74. The van der Waals surface area contributed by atoms with Gasteiger partial charge in [-0.2, -0.15) is 0 Å². The van der Waals surface area contributed by atoms with Crippen molar-refractivity contribution in [2.24, 2.45) is 5.73 Å². The Bertz CT molecular complexity index is 533. The Kier molecular flexibility index (Phi) is 5.19. The Balaban J connectivity index is 2.06. The molecule has 2 nitrogen and oxygen atoms in total. The molecule has 2 heteroatoms. The summed E-state index contributed by atoms with van der Waals surface area (Å²) in [5.41, 5.74) is 9.20. The summed E-state index contributed by atoms with van der Waals surface area (Å²) < 4.78 is 5.99. The van der Waals surface area contributed by atoms with E-state index in [4.69, 9.17) is 10.5 Å². The average molecular weight is 269 g/mol. The standard InChI is InChI=1S/C18H23NO/c1-3-14(2)17-6-4-5-7-18(17)20-13-16-10-8-15(12-19)9-11-16/h4-11,14H,3,12-13,19H2,1-2H3. The van der Waals surface area contributed by atoms with E-state index in [2.05, 4.69) is 56.3 Å². The van der Waals surface area contributed by atoms with Crippen LogP contribution in [0.2, 0.25) is 0 Å². The van der Waals surface area contributed by atoms with Gasteiger partial charge in [-0.3, -0.25) is 0 Å². The summed E-state index contributed by atoms with van der Waals surface area (Å²) in [4.78, 5) is 0.